The lowest BCUT2D eigenvalue weighted by atomic mass is 9.88. The highest BCUT2D eigenvalue weighted by Crippen LogP contribution is 2.43. The van der Waals surface area contributed by atoms with Gasteiger partial charge >= 0.3 is 0 Å². The summed E-state index contributed by atoms with van der Waals surface area (Å²) >= 11 is 0. The topological polar surface area (TPSA) is 110 Å². The summed E-state index contributed by atoms with van der Waals surface area (Å²) in [4.78, 5) is 27.4. The van der Waals surface area contributed by atoms with Crippen molar-refractivity contribution >= 4 is 11.7 Å². The van der Waals surface area contributed by atoms with E-state index in [1.807, 2.05) is 17.3 Å². The smallest absolute Gasteiger partial charge is 0.231 e. The number of aliphatic hydroxyl groups excluding tert-OH is 1. The lowest BCUT2D eigenvalue weighted by molar-refractivity contribution is -0.133. The Morgan fingerprint density at radius 3 is 2.53 bits per heavy atom. The number of carbonyl (C=O) groups excluding carboxylic acids is 1. The van der Waals surface area contributed by atoms with E-state index in [2.05, 4.69) is 75.4 Å². The fourth-order valence-corrected chi connectivity index (χ4v) is 6.54. The summed E-state index contributed by atoms with van der Waals surface area (Å²) in [7, 11) is 0. The minimum absolute atomic E-state index is 0.0211. The van der Waals surface area contributed by atoms with Crippen molar-refractivity contribution in [3.05, 3.63) is 59.8 Å². The van der Waals surface area contributed by atoms with E-state index in [1.165, 1.54) is 0 Å². The van der Waals surface area contributed by atoms with Crippen LogP contribution in [0.3, 0.4) is 0 Å². The number of aromatic nitrogens is 4. The number of benzene rings is 1. The van der Waals surface area contributed by atoms with E-state index >= 15 is 0 Å². The largest absolute Gasteiger partial charge is 0.387 e. The molecule has 4 atom stereocenters. The number of hydrogen-bond acceptors (Lipinski definition) is 7. The summed E-state index contributed by atoms with van der Waals surface area (Å²) in [6.07, 6.45) is 7.44. The van der Waals surface area contributed by atoms with Gasteiger partial charge in [0, 0.05) is 55.1 Å². The molecule has 3 aromatic rings. The summed E-state index contributed by atoms with van der Waals surface area (Å²) in [6, 6.07) is 8.48. The van der Waals surface area contributed by atoms with Crippen LogP contribution in [0.25, 0.3) is 11.1 Å². The molecule has 200 valence electrons. The molecule has 2 aliphatic heterocycles. The summed E-state index contributed by atoms with van der Waals surface area (Å²) in [5.74, 6) is 1.09. The first-order valence-electron chi connectivity index (χ1n) is 13.7. The Kier molecular flexibility index (Phi) is 6.44. The maximum atomic E-state index is 14.1. The highest BCUT2D eigenvalue weighted by atomic mass is 16.3. The zero-order chi connectivity index (χ0) is 26.4. The first kappa shape index (κ1) is 25.0. The Labute approximate surface area is 223 Å². The van der Waals surface area contributed by atoms with Crippen LogP contribution in [0.2, 0.25) is 0 Å². The molecule has 4 heterocycles. The number of rotatable bonds is 5. The molecule has 2 aromatic heterocycles. The van der Waals surface area contributed by atoms with Crippen LogP contribution in [0.5, 0.6) is 0 Å². The average Bonchev–Trinajstić information content (AvgIpc) is 3.65. The van der Waals surface area contributed by atoms with Gasteiger partial charge < -0.3 is 20.2 Å². The molecular weight excluding hydrogens is 478 g/mol. The molecule has 3 N–H and O–H groups in total. The van der Waals surface area contributed by atoms with Crippen molar-refractivity contribution in [3.8, 4) is 11.1 Å². The fourth-order valence-electron chi connectivity index (χ4n) is 6.54. The summed E-state index contributed by atoms with van der Waals surface area (Å²) in [5.41, 5.74) is 5.01. The molecule has 6 rings (SSSR count). The lowest BCUT2D eigenvalue weighted by Crippen LogP contribution is -2.53. The molecule has 1 aromatic carbocycles. The molecule has 2 fully saturated rings. The number of H-pyrrole nitrogens is 1. The van der Waals surface area contributed by atoms with Crippen LogP contribution >= 0.6 is 0 Å². The van der Waals surface area contributed by atoms with E-state index in [0.29, 0.717) is 32.6 Å². The van der Waals surface area contributed by atoms with Crippen LogP contribution in [0, 0.1) is 0 Å². The first-order valence-corrected chi connectivity index (χ1v) is 13.7. The van der Waals surface area contributed by atoms with Crippen LogP contribution in [-0.2, 0) is 4.79 Å². The second-order valence-electron chi connectivity index (χ2n) is 11.7. The predicted molar refractivity (Wildman–Crippen MR) is 146 cm³/mol. The number of carbonyl (C=O) groups is 1. The monoisotopic (exact) mass is 515 g/mol. The second-order valence-corrected chi connectivity index (χ2v) is 11.7. The van der Waals surface area contributed by atoms with Crippen LogP contribution in [0.15, 0.2) is 43.0 Å². The van der Waals surface area contributed by atoms with Crippen LogP contribution in [-0.4, -0.2) is 73.8 Å². The summed E-state index contributed by atoms with van der Waals surface area (Å²) < 4.78 is 0. The van der Waals surface area contributed by atoms with Crippen molar-refractivity contribution in [1.29, 1.82) is 0 Å². The van der Waals surface area contributed by atoms with E-state index < -0.39 is 6.10 Å². The Balaban J connectivity index is 1.21. The standard InChI is InChI=1S/C29H37N7O2/c1-18-14-23(37)26-24(18)27(31-17-30-26)35-10-12-36(13-11-35)28(38)25(22-8-9-29(2,3)34-22)20-6-4-19(5-7-20)21-15-32-33-16-21/h4-7,15-18,22-23,25,34,37H,8-14H2,1-3H3,(H,32,33)/t18-,22?,23-,25?/m1/s1. The van der Waals surface area contributed by atoms with Crippen LogP contribution < -0.4 is 10.2 Å². The number of fused-ring (bicyclic) bond motifs is 1. The van der Waals surface area contributed by atoms with Crippen molar-refractivity contribution in [1.82, 2.24) is 30.4 Å². The molecule has 9 heteroatoms. The van der Waals surface area contributed by atoms with E-state index in [0.717, 1.165) is 46.6 Å². The Morgan fingerprint density at radius 1 is 1.11 bits per heavy atom. The molecule has 0 saturated carbocycles. The molecule has 2 unspecified atom stereocenters. The van der Waals surface area contributed by atoms with Gasteiger partial charge in [-0.1, -0.05) is 31.2 Å². The van der Waals surface area contributed by atoms with Crippen molar-refractivity contribution in [2.24, 2.45) is 0 Å². The van der Waals surface area contributed by atoms with Crippen molar-refractivity contribution in [3.63, 3.8) is 0 Å². The minimum atomic E-state index is -0.520. The van der Waals surface area contributed by atoms with Gasteiger partial charge in [0.05, 0.1) is 23.9 Å². The quantitative estimate of drug-likeness (QED) is 0.478. The molecule has 38 heavy (non-hydrogen) atoms. The van der Waals surface area contributed by atoms with E-state index in [4.69, 9.17) is 0 Å². The third-order valence-electron chi connectivity index (χ3n) is 8.60. The number of nitrogens with zero attached hydrogens (tertiary/aromatic N) is 5. The number of anilines is 1. The Bertz CT molecular complexity index is 1280. The summed E-state index contributed by atoms with van der Waals surface area (Å²) in [6.45, 7) is 9.28. The van der Waals surface area contributed by atoms with Crippen molar-refractivity contribution < 1.29 is 9.90 Å². The number of piperazine rings is 1. The normalized spacial score (nSPS) is 25.4. The molecule has 2 saturated heterocycles. The maximum absolute atomic E-state index is 14.1. The van der Waals surface area contributed by atoms with Gasteiger partial charge in [-0.15, -0.1) is 0 Å². The lowest BCUT2D eigenvalue weighted by Gasteiger charge is -2.39. The van der Waals surface area contributed by atoms with Gasteiger partial charge in [-0.3, -0.25) is 9.89 Å². The SMILES string of the molecule is C[C@@H]1C[C@@H](O)c2ncnc(N3CCN(C(=O)C(c4ccc(-c5cn[nH]c5)cc4)C4CCC(C)(C)N4)CC3)c21. The second kappa shape index (κ2) is 9.78. The minimum Gasteiger partial charge on any atom is -0.387 e. The maximum Gasteiger partial charge on any atom is 0.231 e. The Hall–Kier alpha value is -3.30. The number of aliphatic hydroxyl groups is 1. The average molecular weight is 516 g/mol. The third-order valence-corrected chi connectivity index (χ3v) is 8.60. The zero-order valence-electron chi connectivity index (χ0n) is 22.4. The van der Waals surface area contributed by atoms with Gasteiger partial charge in [-0.25, -0.2) is 9.97 Å². The fraction of sp³-hybridized carbons (Fsp3) is 0.517. The third kappa shape index (κ3) is 4.58. The van der Waals surface area contributed by atoms with Crippen LogP contribution in [0.4, 0.5) is 5.82 Å². The predicted octanol–water partition coefficient (Wildman–Crippen LogP) is 3.37. The molecule has 0 radical (unpaired) electrons. The van der Waals surface area contributed by atoms with Gasteiger partial charge in [0.25, 0.3) is 0 Å². The Morgan fingerprint density at radius 2 is 1.87 bits per heavy atom. The van der Waals surface area contributed by atoms with E-state index in [9.17, 15) is 9.90 Å². The van der Waals surface area contributed by atoms with Gasteiger partial charge in [0.1, 0.15) is 12.1 Å². The number of aromatic amines is 1. The molecule has 9 nitrogen and oxygen atoms in total. The van der Waals surface area contributed by atoms with Gasteiger partial charge in [-0.05, 0) is 50.2 Å². The number of amides is 1. The van der Waals surface area contributed by atoms with Gasteiger partial charge in [-0.2, -0.15) is 5.10 Å². The van der Waals surface area contributed by atoms with E-state index in [-0.39, 0.29) is 29.3 Å². The zero-order valence-corrected chi connectivity index (χ0v) is 22.4. The van der Waals surface area contributed by atoms with Crippen molar-refractivity contribution in [2.45, 2.75) is 69.6 Å². The molecule has 1 aliphatic carbocycles. The van der Waals surface area contributed by atoms with E-state index in [1.54, 1.807) is 6.33 Å². The highest BCUT2D eigenvalue weighted by molar-refractivity contribution is 5.85. The van der Waals surface area contributed by atoms with Crippen LogP contribution in [0.1, 0.15) is 74.8 Å². The highest BCUT2D eigenvalue weighted by Gasteiger charge is 2.41. The summed E-state index contributed by atoms with van der Waals surface area (Å²) in [5, 5.41) is 21.1. The molecule has 0 spiro atoms. The number of hydrogen-bond donors (Lipinski definition) is 3. The first-order chi connectivity index (χ1) is 18.3. The van der Waals surface area contributed by atoms with Gasteiger partial charge in [0.2, 0.25) is 5.91 Å². The molecule has 1 amide bonds. The van der Waals surface area contributed by atoms with Crippen molar-refractivity contribution in [2.75, 3.05) is 31.1 Å². The molecule has 3 aliphatic rings. The molecular formula is C29H37N7O2. The number of nitrogens with one attached hydrogen (secondary N) is 2. The van der Waals surface area contributed by atoms with Gasteiger partial charge in [0.15, 0.2) is 0 Å². The molecule has 0 bridgehead atoms.